The maximum atomic E-state index is 13.8. The van der Waals surface area contributed by atoms with Crippen molar-refractivity contribution in [2.24, 2.45) is 10.8 Å². The summed E-state index contributed by atoms with van der Waals surface area (Å²) in [6, 6.07) is 7.54. The second-order valence-electron chi connectivity index (χ2n) is 6.75. The van der Waals surface area contributed by atoms with Gasteiger partial charge in [-0.25, -0.2) is 19.9 Å². The molecule has 3 aromatic rings. The standard InChI is InChI=1S/C20H18F4N8/c1-10(16(32-27)9-28-14-5-3-2-4-13(14)21)15-6-12(17(31-15)18(25)26)11-7-29-19(30-8-11)20(22,23)24/h2-10,27-28,31H,1H3,(H3,25,26)/b16-9-,32-27?. The molecule has 2 aromatic heterocycles. The van der Waals surface area contributed by atoms with Gasteiger partial charge in [-0.15, -0.1) is 0 Å². The molecule has 2 heterocycles. The van der Waals surface area contributed by atoms with Gasteiger partial charge in [-0.05, 0) is 18.2 Å². The summed E-state index contributed by atoms with van der Waals surface area (Å²) in [5, 5.41) is 14.0. The average molecular weight is 446 g/mol. The topological polar surface area (TPSA) is 140 Å². The maximum Gasteiger partial charge on any atom is 0.451 e. The van der Waals surface area contributed by atoms with Gasteiger partial charge in [0.25, 0.3) is 0 Å². The van der Waals surface area contributed by atoms with Gasteiger partial charge in [-0.2, -0.15) is 18.3 Å². The summed E-state index contributed by atoms with van der Waals surface area (Å²) in [5.41, 5.74) is 14.7. The third-order valence-electron chi connectivity index (χ3n) is 4.61. The SMILES string of the molecule is CC(/C(=C/Nc1ccccc1F)N=N)c1cc(-c2cnc(C(F)(F)F)nc2)c(C(=N)N)[nH]1. The van der Waals surface area contributed by atoms with E-state index in [1.54, 1.807) is 19.1 Å². The number of amidine groups is 1. The molecule has 0 saturated carbocycles. The molecule has 1 aromatic carbocycles. The number of allylic oxidation sites excluding steroid dienone is 1. The zero-order chi connectivity index (χ0) is 23.5. The number of para-hydroxylation sites is 1. The van der Waals surface area contributed by atoms with Crippen LogP contribution in [0.5, 0.6) is 0 Å². The van der Waals surface area contributed by atoms with Crippen LogP contribution in [0.1, 0.15) is 30.1 Å². The number of alkyl halides is 3. The van der Waals surface area contributed by atoms with E-state index >= 15 is 0 Å². The van der Waals surface area contributed by atoms with Crippen LogP contribution < -0.4 is 11.1 Å². The smallest absolute Gasteiger partial charge is 0.382 e. The molecule has 1 unspecified atom stereocenters. The van der Waals surface area contributed by atoms with Crippen LogP contribution in [0.2, 0.25) is 0 Å². The highest BCUT2D eigenvalue weighted by atomic mass is 19.4. The molecule has 0 aliphatic carbocycles. The Morgan fingerprint density at radius 3 is 2.47 bits per heavy atom. The van der Waals surface area contributed by atoms with Gasteiger partial charge in [-0.1, -0.05) is 19.1 Å². The number of anilines is 1. The van der Waals surface area contributed by atoms with E-state index < -0.39 is 23.7 Å². The van der Waals surface area contributed by atoms with Gasteiger partial charge in [-0.3, -0.25) is 5.41 Å². The van der Waals surface area contributed by atoms with Gasteiger partial charge in [0.1, 0.15) is 11.7 Å². The Morgan fingerprint density at radius 2 is 1.91 bits per heavy atom. The van der Waals surface area contributed by atoms with Gasteiger partial charge in [0.05, 0.1) is 17.1 Å². The van der Waals surface area contributed by atoms with Crippen molar-refractivity contribution < 1.29 is 17.6 Å². The lowest BCUT2D eigenvalue weighted by Crippen LogP contribution is -2.14. The Morgan fingerprint density at radius 1 is 1.25 bits per heavy atom. The van der Waals surface area contributed by atoms with Gasteiger partial charge in [0.2, 0.25) is 5.82 Å². The minimum atomic E-state index is -4.68. The van der Waals surface area contributed by atoms with Crippen molar-refractivity contribution in [3.8, 4) is 11.1 Å². The number of aromatic amines is 1. The Labute approximate surface area is 179 Å². The molecule has 0 bridgehead atoms. The highest BCUT2D eigenvalue weighted by Gasteiger charge is 2.34. The molecule has 3 rings (SSSR count). The Kier molecular flexibility index (Phi) is 6.32. The van der Waals surface area contributed by atoms with Crippen LogP contribution in [0.25, 0.3) is 11.1 Å². The maximum absolute atomic E-state index is 13.8. The van der Waals surface area contributed by atoms with Crippen molar-refractivity contribution in [2.75, 3.05) is 5.32 Å². The van der Waals surface area contributed by atoms with Crippen molar-refractivity contribution in [1.82, 2.24) is 15.0 Å². The third kappa shape index (κ3) is 4.79. The molecule has 12 heteroatoms. The number of benzene rings is 1. The number of nitrogens with zero attached hydrogens (tertiary/aromatic N) is 3. The molecular weight excluding hydrogens is 428 g/mol. The predicted molar refractivity (Wildman–Crippen MR) is 110 cm³/mol. The molecule has 0 aliphatic heterocycles. The van der Waals surface area contributed by atoms with E-state index in [-0.39, 0.29) is 28.5 Å². The number of rotatable bonds is 7. The summed E-state index contributed by atoms with van der Waals surface area (Å²) in [6.45, 7) is 1.70. The number of nitrogen functional groups attached to an aromatic ring is 1. The minimum Gasteiger partial charge on any atom is -0.382 e. The van der Waals surface area contributed by atoms with E-state index in [1.807, 2.05) is 0 Å². The molecule has 32 heavy (non-hydrogen) atoms. The lowest BCUT2D eigenvalue weighted by molar-refractivity contribution is -0.144. The summed E-state index contributed by atoms with van der Waals surface area (Å²) in [5.74, 6) is -2.65. The normalized spacial score (nSPS) is 13.0. The molecule has 0 saturated heterocycles. The lowest BCUT2D eigenvalue weighted by atomic mass is 10.0. The Balaban J connectivity index is 1.94. The number of nitrogens with one attached hydrogen (secondary N) is 4. The van der Waals surface area contributed by atoms with E-state index in [0.717, 1.165) is 12.4 Å². The van der Waals surface area contributed by atoms with Crippen molar-refractivity contribution in [2.45, 2.75) is 19.0 Å². The van der Waals surface area contributed by atoms with Gasteiger partial charge in [0.15, 0.2) is 0 Å². The molecule has 0 aliphatic rings. The molecule has 0 spiro atoms. The van der Waals surface area contributed by atoms with Crippen LogP contribution in [0.4, 0.5) is 23.2 Å². The predicted octanol–water partition coefficient (Wildman–Crippen LogP) is 5.00. The summed E-state index contributed by atoms with van der Waals surface area (Å²) in [4.78, 5) is 9.61. The van der Waals surface area contributed by atoms with E-state index in [0.29, 0.717) is 11.3 Å². The van der Waals surface area contributed by atoms with Crippen molar-refractivity contribution in [3.05, 3.63) is 77.7 Å². The van der Waals surface area contributed by atoms with Crippen LogP contribution >= 0.6 is 0 Å². The second-order valence-corrected chi connectivity index (χ2v) is 6.75. The molecule has 0 amide bonds. The first-order valence-electron chi connectivity index (χ1n) is 9.17. The Hall–Kier alpha value is -4.09. The number of nitrogens with two attached hydrogens (primary N) is 1. The number of hydrogen-bond acceptors (Lipinski definition) is 6. The van der Waals surface area contributed by atoms with Crippen molar-refractivity contribution in [3.63, 3.8) is 0 Å². The molecule has 1 atom stereocenters. The minimum absolute atomic E-state index is 0.154. The molecule has 166 valence electrons. The Bertz CT molecular complexity index is 1170. The fourth-order valence-corrected chi connectivity index (χ4v) is 2.91. The quantitative estimate of drug-likeness (QED) is 0.151. The van der Waals surface area contributed by atoms with Crippen LogP contribution in [0, 0.1) is 16.8 Å². The van der Waals surface area contributed by atoms with Crippen LogP contribution in [-0.4, -0.2) is 20.8 Å². The largest absolute Gasteiger partial charge is 0.451 e. The molecule has 6 N–H and O–H groups in total. The van der Waals surface area contributed by atoms with Crippen LogP contribution in [0.3, 0.4) is 0 Å². The molecule has 8 nitrogen and oxygen atoms in total. The van der Waals surface area contributed by atoms with Gasteiger partial charge < -0.3 is 16.0 Å². The molecular formula is C20H18F4N8. The summed E-state index contributed by atoms with van der Waals surface area (Å²) in [6.07, 6.45) is -1.33. The zero-order valence-corrected chi connectivity index (χ0v) is 16.6. The van der Waals surface area contributed by atoms with E-state index in [2.05, 4.69) is 25.4 Å². The average Bonchev–Trinajstić information content (AvgIpc) is 3.20. The van der Waals surface area contributed by atoms with E-state index in [4.69, 9.17) is 16.7 Å². The first kappa shape index (κ1) is 22.6. The second kappa shape index (κ2) is 8.96. The van der Waals surface area contributed by atoms with E-state index in [9.17, 15) is 17.6 Å². The van der Waals surface area contributed by atoms with Crippen molar-refractivity contribution >= 4 is 11.5 Å². The summed E-state index contributed by atoms with van der Waals surface area (Å²) >= 11 is 0. The first-order chi connectivity index (χ1) is 15.1. The monoisotopic (exact) mass is 446 g/mol. The fourth-order valence-electron chi connectivity index (χ4n) is 2.91. The number of halogens is 4. The first-order valence-corrected chi connectivity index (χ1v) is 9.17. The van der Waals surface area contributed by atoms with Gasteiger partial charge >= 0.3 is 6.18 Å². The zero-order valence-electron chi connectivity index (χ0n) is 16.6. The highest BCUT2D eigenvalue weighted by Crippen LogP contribution is 2.32. The number of H-pyrrole nitrogens is 1. The van der Waals surface area contributed by atoms with Gasteiger partial charge in [0, 0.05) is 41.3 Å². The molecule has 0 radical (unpaired) electrons. The summed E-state index contributed by atoms with van der Waals surface area (Å²) in [7, 11) is 0. The highest BCUT2D eigenvalue weighted by molar-refractivity contribution is 6.00. The number of hydrogen-bond donors (Lipinski definition) is 5. The van der Waals surface area contributed by atoms with E-state index in [1.165, 1.54) is 24.4 Å². The van der Waals surface area contributed by atoms with Crippen LogP contribution in [0.15, 0.2) is 59.7 Å². The third-order valence-corrected chi connectivity index (χ3v) is 4.61. The summed E-state index contributed by atoms with van der Waals surface area (Å²) < 4.78 is 52.0. The number of aromatic nitrogens is 3. The van der Waals surface area contributed by atoms with Crippen molar-refractivity contribution in [1.29, 1.82) is 10.9 Å². The van der Waals surface area contributed by atoms with Crippen LogP contribution in [-0.2, 0) is 6.18 Å². The molecule has 0 fully saturated rings. The lowest BCUT2D eigenvalue weighted by Gasteiger charge is -2.10. The fraction of sp³-hybridized carbons (Fsp3) is 0.150.